The van der Waals surface area contributed by atoms with E-state index in [1.165, 1.54) is 12.1 Å². The third kappa shape index (κ3) is 5.95. The molecule has 1 unspecified atom stereocenters. The maximum atomic E-state index is 13.5. The fourth-order valence-electron chi connectivity index (χ4n) is 3.38. The largest absolute Gasteiger partial charge is 0.493 e. The van der Waals surface area contributed by atoms with Gasteiger partial charge in [0.15, 0.2) is 0 Å². The molecule has 0 aliphatic rings. The molecule has 0 aliphatic heterocycles. The fourth-order valence-corrected chi connectivity index (χ4v) is 3.38. The molecule has 2 N–H and O–H groups in total. The smallest absolute Gasteiger partial charge is 0.307 e. The lowest BCUT2D eigenvalue weighted by Gasteiger charge is -2.12. The van der Waals surface area contributed by atoms with Gasteiger partial charge in [0.1, 0.15) is 11.6 Å². The predicted octanol–water partition coefficient (Wildman–Crippen LogP) is 4.93. The third-order valence-electron chi connectivity index (χ3n) is 5.21. The molecule has 0 bridgehead atoms. The second-order valence-corrected chi connectivity index (χ2v) is 7.77. The van der Waals surface area contributed by atoms with Gasteiger partial charge < -0.3 is 14.9 Å². The van der Waals surface area contributed by atoms with Crippen LogP contribution in [-0.4, -0.2) is 38.7 Å². The lowest BCUT2D eigenvalue weighted by atomic mass is 10.0. The first-order valence-electron chi connectivity index (χ1n) is 10.9. The number of hydrogen-bond donors (Lipinski definition) is 2. The highest BCUT2D eigenvalue weighted by Crippen LogP contribution is 2.34. The average Bonchev–Trinajstić information content (AvgIpc) is 3.18. The molecule has 1 heterocycles. The molecule has 3 aromatic rings. The van der Waals surface area contributed by atoms with E-state index in [-0.39, 0.29) is 18.8 Å². The quantitative estimate of drug-likeness (QED) is 0.413. The van der Waals surface area contributed by atoms with Gasteiger partial charge in [0.05, 0.1) is 37.1 Å². The number of ether oxygens (including phenoxy) is 1. The summed E-state index contributed by atoms with van der Waals surface area (Å²) >= 11 is 0. The molecule has 32 heavy (non-hydrogen) atoms. The Kier molecular flexibility index (Phi) is 8.00. The van der Waals surface area contributed by atoms with E-state index in [0.29, 0.717) is 35.6 Å². The van der Waals surface area contributed by atoms with Crippen LogP contribution in [0.5, 0.6) is 5.75 Å². The van der Waals surface area contributed by atoms with Crippen molar-refractivity contribution in [3.8, 4) is 28.3 Å². The zero-order valence-electron chi connectivity index (χ0n) is 18.4. The monoisotopic (exact) mass is 440 g/mol. The number of aliphatic hydroxyl groups is 1. The summed E-state index contributed by atoms with van der Waals surface area (Å²) in [7, 11) is 0. The maximum Gasteiger partial charge on any atom is 0.307 e. The van der Waals surface area contributed by atoms with Crippen LogP contribution in [0.25, 0.3) is 22.5 Å². The van der Waals surface area contributed by atoms with Crippen molar-refractivity contribution in [2.24, 2.45) is 0 Å². The van der Waals surface area contributed by atoms with Crippen LogP contribution in [0, 0.1) is 5.82 Å². The van der Waals surface area contributed by atoms with Crippen LogP contribution in [0.2, 0.25) is 0 Å². The third-order valence-corrected chi connectivity index (χ3v) is 5.21. The minimum atomic E-state index is -0.917. The van der Waals surface area contributed by atoms with Crippen molar-refractivity contribution >= 4 is 5.97 Å². The molecule has 0 aliphatic carbocycles. The molecule has 0 fully saturated rings. The molecule has 0 saturated heterocycles. The van der Waals surface area contributed by atoms with E-state index in [0.717, 1.165) is 24.1 Å². The molecule has 6 nitrogen and oxygen atoms in total. The summed E-state index contributed by atoms with van der Waals surface area (Å²) in [6.07, 6.45) is 1.76. The standard InChI is InChI=1S/C25H29FN2O4/c1-3-5-12-32-24-11-6-17(14-25(30)31)13-21(24)22-15-23(18-7-9-19(26)10-8-18)28(27-22)16-20(29)4-2/h6-11,13,15,20,29H,3-5,12,14,16H2,1-2H3,(H,30,31). The molecule has 0 radical (unpaired) electrons. The van der Waals surface area contributed by atoms with Gasteiger partial charge in [-0.1, -0.05) is 26.3 Å². The number of aliphatic carboxylic acids is 1. The van der Waals surface area contributed by atoms with E-state index >= 15 is 0 Å². The molecule has 2 aromatic carbocycles. The number of carbonyl (C=O) groups is 1. The summed E-state index contributed by atoms with van der Waals surface area (Å²) < 4.78 is 21.1. The number of aromatic nitrogens is 2. The number of carboxylic acids is 1. The summed E-state index contributed by atoms with van der Waals surface area (Å²) in [5, 5.41) is 24.2. The first-order valence-corrected chi connectivity index (χ1v) is 10.9. The molecule has 1 atom stereocenters. The van der Waals surface area contributed by atoms with Gasteiger partial charge in [0, 0.05) is 11.1 Å². The van der Waals surface area contributed by atoms with Crippen molar-refractivity contribution in [3.05, 3.63) is 59.9 Å². The molecule has 170 valence electrons. The molecule has 3 rings (SSSR count). The van der Waals surface area contributed by atoms with E-state index in [9.17, 15) is 19.4 Å². The van der Waals surface area contributed by atoms with Crippen LogP contribution in [0.4, 0.5) is 4.39 Å². The average molecular weight is 441 g/mol. The predicted molar refractivity (Wildman–Crippen MR) is 121 cm³/mol. The minimum Gasteiger partial charge on any atom is -0.493 e. The highest BCUT2D eigenvalue weighted by molar-refractivity contribution is 5.76. The highest BCUT2D eigenvalue weighted by Gasteiger charge is 2.18. The molecular weight excluding hydrogens is 411 g/mol. The summed E-state index contributed by atoms with van der Waals surface area (Å²) in [6.45, 7) is 4.80. The summed E-state index contributed by atoms with van der Waals surface area (Å²) in [4.78, 5) is 11.2. The van der Waals surface area contributed by atoms with Gasteiger partial charge in [-0.25, -0.2) is 4.39 Å². The Bertz CT molecular complexity index is 1050. The summed E-state index contributed by atoms with van der Waals surface area (Å²) in [6, 6.07) is 13.3. The van der Waals surface area contributed by atoms with Gasteiger partial charge >= 0.3 is 5.97 Å². The van der Waals surface area contributed by atoms with Crippen LogP contribution in [0.1, 0.15) is 38.7 Å². The van der Waals surface area contributed by atoms with E-state index < -0.39 is 12.1 Å². The number of nitrogens with zero attached hydrogens (tertiary/aromatic N) is 2. The Labute approximate surface area is 187 Å². The van der Waals surface area contributed by atoms with Crippen molar-refractivity contribution in [2.75, 3.05) is 6.61 Å². The van der Waals surface area contributed by atoms with Gasteiger partial charge in [0.25, 0.3) is 0 Å². The van der Waals surface area contributed by atoms with Crippen LogP contribution in [-0.2, 0) is 17.8 Å². The van der Waals surface area contributed by atoms with Gasteiger partial charge in [-0.3, -0.25) is 9.48 Å². The molecule has 0 amide bonds. The van der Waals surface area contributed by atoms with Gasteiger partial charge in [-0.2, -0.15) is 5.10 Å². The first-order chi connectivity index (χ1) is 15.4. The number of carboxylic acid groups (broad SMARTS) is 1. The van der Waals surface area contributed by atoms with Crippen molar-refractivity contribution in [2.45, 2.75) is 52.2 Å². The second kappa shape index (κ2) is 10.9. The normalized spacial score (nSPS) is 12.0. The lowest BCUT2D eigenvalue weighted by Crippen LogP contribution is -2.16. The van der Waals surface area contributed by atoms with Gasteiger partial charge in [-0.15, -0.1) is 0 Å². The van der Waals surface area contributed by atoms with E-state index in [1.54, 1.807) is 35.0 Å². The van der Waals surface area contributed by atoms with Crippen LogP contribution in [0.15, 0.2) is 48.5 Å². The van der Waals surface area contributed by atoms with E-state index in [4.69, 9.17) is 9.84 Å². The topological polar surface area (TPSA) is 84.6 Å². The Balaban J connectivity index is 2.08. The van der Waals surface area contributed by atoms with Gasteiger partial charge in [-0.05, 0) is 60.9 Å². The Morgan fingerprint density at radius 3 is 2.56 bits per heavy atom. The van der Waals surface area contributed by atoms with E-state index in [1.807, 2.05) is 13.0 Å². The van der Waals surface area contributed by atoms with Crippen LogP contribution < -0.4 is 4.74 Å². The minimum absolute atomic E-state index is 0.109. The lowest BCUT2D eigenvalue weighted by molar-refractivity contribution is -0.136. The van der Waals surface area contributed by atoms with Crippen LogP contribution in [0.3, 0.4) is 0 Å². The zero-order chi connectivity index (χ0) is 23.1. The molecule has 0 spiro atoms. The maximum absolute atomic E-state index is 13.5. The van der Waals surface area contributed by atoms with Crippen LogP contribution >= 0.6 is 0 Å². The van der Waals surface area contributed by atoms with E-state index in [2.05, 4.69) is 6.92 Å². The number of rotatable bonds is 11. The van der Waals surface area contributed by atoms with Crippen molar-refractivity contribution in [1.82, 2.24) is 9.78 Å². The zero-order valence-corrected chi connectivity index (χ0v) is 18.4. The fraction of sp³-hybridized carbons (Fsp3) is 0.360. The van der Waals surface area contributed by atoms with Crippen molar-refractivity contribution in [1.29, 1.82) is 0 Å². The van der Waals surface area contributed by atoms with Crippen molar-refractivity contribution < 1.29 is 24.1 Å². The van der Waals surface area contributed by atoms with Crippen molar-refractivity contribution in [3.63, 3.8) is 0 Å². The summed E-state index contributed by atoms with van der Waals surface area (Å²) in [5.41, 5.74) is 3.43. The SMILES string of the molecule is CCCCOc1ccc(CC(=O)O)cc1-c1cc(-c2ccc(F)cc2)n(CC(O)CC)n1. The molecular formula is C25H29FN2O4. The summed E-state index contributed by atoms with van der Waals surface area (Å²) in [5.74, 6) is -0.625. The second-order valence-electron chi connectivity index (χ2n) is 7.77. The number of benzene rings is 2. The number of hydrogen-bond acceptors (Lipinski definition) is 4. The highest BCUT2D eigenvalue weighted by atomic mass is 19.1. The molecule has 7 heteroatoms. The number of halogens is 1. The Hall–Kier alpha value is -3.19. The molecule has 1 aromatic heterocycles. The molecule has 0 saturated carbocycles. The number of aliphatic hydroxyl groups excluding tert-OH is 1. The first kappa shape index (κ1) is 23.5. The Morgan fingerprint density at radius 1 is 1.16 bits per heavy atom. The van der Waals surface area contributed by atoms with Gasteiger partial charge in [0.2, 0.25) is 0 Å². The number of unbranched alkanes of at least 4 members (excludes halogenated alkanes) is 1. The Morgan fingerprint density at radius 2 is 1.91 bits per heavy atom.